The molecule has 0 saturated carbocycles. The Labute approximate surface area is 208 Å². The molecule has 1 atom stereocenters. The maximum Gasteiger partial charge on any atom is 0.322 e. The lowest BCUT2D eigenvalue weighted by molar-refractivity contribution is -0.138. The van der Waals surface area contributed by atoms with E-state index in [-0.39, 0.29) is 17.3 Å². The molecule has 0 spiro atoms. The maximum atomic E-state index is 12.8. The molecule has 11 heteroatoms. The van der Waals surface area contributed by atoms with Crippen molar-refractivity contribution in [1.29, 1.82) is 0 Å². The van der Waals surface area contributed by atoms with E-state index in [2.05, 4.69) is 10.0 Å². The summed E-state index contributed by atoms with van der Waals surface area (Å²) in [5.41, 5.74) is 5.75. The average Bonchev–Trinajstić information content (AvgIpc) is 2.85. The van der Waals surface area contributed by atoms with Gasteiger partial charge >= 0.3 is 12.0 Å². The first-order valence-corrected chi connectivity index (χ1v) is 12.8. The van der Waals surface area contributed by atoms with Crippen molar-refractivity contribution in [3.63, 3.8) is 0 Å². The Morgan fingerprint density at radius 2 is 1.63 bits per heavy atom. The zero-order valence-corrected chi connectivity index (χ0v) is 20.4. The Balaban J connectivity index is 0.000000320. The van der Waals surface area contributed by atoms with Gasteiger partial charge in [-0.05, 0) is 24.1 Å². The number of sulfonamides is 1. The molecule has 3 aromatic carbocycles. The van der Waals surface area contributed by atoms with Crippen LogP contribution in [0.4, 0.5) is 4.79 Å². The number of amides is 2. The number of urea groups is 1. The summed E-state index contributed by atoms with van der Waals surface area (Å²) in [5.74, 6) is -1.24. The monoisotopic (exact) mass is 518 g/mol. The number of carboxylic acids is 1. The van der Waals surface area contributed by atoms with Crippen LogP contribution in [0, 0.1) is 0 Å². The summed E-state index contributed by atoms with van der Waals surface area (Å²) in [4.78, 5) is 23.7. The molecule has 1 aliphatic heterocycles. The summed E-state index contributed by atoms with van der Waals surface area (Å²) in [6.45, 7) is 3.22. The van der Waals surface area contributed by atoms with Crippen LogP contribution in [-0.4, -0.2) is 62.6 Å². The number of benzene rings is 3. The Hall–Kier alpha value is -3.18. The molecular weight excluding hydrogens is 492 g/mol. The van der Waals surface area contributed by atoms with E-state index in [4.69, 9.17) is 17.3 Å². The second kappa shape index (κ2) is 12.0. The highest BCUT2D eigenvalue weighted by molar-refractivity contribution is 7.89. The first-order valence-electron chi connectivity index (χ1n) is 10.9. The van der Waals surface area contributed by atoms with Crippen LogP contribution in [0.2, 0.25) is 5.02 Å². The van der Waals surface area contributed by atoms with Gasteiger partial charge in [-0.15, -0.1) is 0 Å². The van der Waals surface area contributed by atoms with Gasteiger partial charge < -0.3 is 21.1 Å². The normalized spacial score (nSPS) is 14.6. The molecule has 3 aromatic rings. The third-order valence-corrected chi connectivity index (χ3v) is 7.28. The van der Waals surface area contributed by atoms with Crippen molar-refractivity contribution in [3.05, 3.63) is 77.3 Å². The molecule has 0 bridgehead atoms. The van der Waals surface area contributed by atoms with E-state index in [1.807, 2.05) is 6.07 Å². The lowest BCUT2D eigenvalue weighted by Crippen LogP contribution is -2.48. The smallest absolute Gasteiger partial charge is 0.322 e. The Bertz CT molecular complexity index is 1280. The highest BCUT2D eigenvalue weighted by Crippen LogP contribution is 2.28. The largest absolute Gasteiger partial charge is 0.480 e. The number of carbonyl (C=O) groups is 2. The molecule has 0 radical (unpaired) electrons. The summed E-state index contributed by atoms with van der Waals surface area (Å²) in [6.07, 6.45) is 0.0426. The van der Waals surface area contributed by atoms with Crippen molar-refractivity contribution in [2.45, 2.75) is 17.4 Å². The van der Waals surface area contributed by atoms with Crippen LogP contribution in [0.15, 0.2) is 71.6 Å². The second-order valence-electron chi connectivity index (χ2n) is 7.87. The van der Waals surface area contributed by atoms with Gasteiger partial charge in [-0.1, -0.05) is 66.2 Å². The van der Waals surface area contributed by atoms with E-state index >= 15 is 0 Å². The number of nitrogens with one attached hydrogen (secondary N) is 2. The predicted octanol–water partition coefficient (Wildman–Crippen LogP) is 2.44. The van der Waals surface area contributed by atoms with Gasteiger partial charge in [-0.25, -0.2) is 13.2 Å². The highest BCUT2D eigenvalue weighted by Gasteiger charge is 2.27. The first-order chi connectivity index (χ1) is 16.7. The van der Waals surface area contributed by atoms with Crippen molar-refractivity contribution in [2.24, 2.45) is 5.73 Å². The number of primary amides is 1. The van der Waals surface area contributed by atoms with Crippen molar-refractivity contribution in [1.82, 2.24) is 14.9 Å². The zero-order valence-electron chi connectivity index (χ0n) is 18.9. The van der Waals surface area contributed by atoms with Crippen LogP contribution >= 0.6 is 11.6 Å². The molecule has 0 aromatic heterocycles. The fourth-order valence-corrected chi connectivity index (χ4v) is 5.29. The molecule has 0 unspecified atom stereocenters. The standard InChI is InChI=1S/C19H16ClNO4S.C5H11N3O/c20-16-10-4-9-15-14(16)8-5-11-18(15)26(24,25)21-17(19(22)23)12-13-6-2-1-3-7-13;6-5(9)8-3-1-7-2-4-8/h1-11,17,21H,12H2,(H,22,23);7H,1-4H2,(H2,6,9)/t17-;/m0./s1. The van der Waals surface area contributed by atoms with E-state index in [1.165, 1.54) is 6.07 Å². The van der Waals surface area contributed by atoms with Gasteiger partial charge in [-0.3, -0.25) is 4.79 Å². The molecule has 5 N–H and O–H groups in total. The van der Waals surface area contributed by atoms with Crippen LogP contribution in [0.25, 0.3) is 10.8 Å². The Morgan fingerprint density at radius 1 is 1.00 bits per heavy atom. The SMILES string of the molecule is NC(=O)N1CCNCC1.O=C(O)[C@H](Cc1ccccc1)NS(=O)(=O)c1cccc2c(Cl)cccc12. The number of carboxylic acid groups (broad SMARTS) is 1. The lowest BCUT2D eigenvalue weighted by Gasteiger charge is -2.25. The summed E-state index contributed by atoms with van der Waals surface area (Å²) in [5, 5.41) is 14.0. The summed E-state index contributed by atoms with van der Waals surface area (Å²) in [6, 6.07) is 17.0. The molecule has 1 fully saturated rings. The van der Waals surface area contributed by atoms with Crippen LogP contribution in [-0.2, 0) is 21.2 Å². The third-order valence-electron chi connectivity index (χ3n) is 5.43. The van der Waals surface area contributed by atoms with Gasteiger partial charge in [0.2, 0.25) is 10.0 Å². The summed E-state index contributed by atoms with van der Waals surface area (Å²) < 4.78 is 28.0. The highest BCUT2D eigenvalue weighted by atomic mass is 35.5. The predicted molar refractivity (Wildman–Crippen MR) is 135 cm³/mol. The minimum atomic E-state index is -4.06. The molecule has 186 valence electrons. The quantitative estimate of drug-likeness (QED) is 0.395. The van der Waals surface area contributed by atoms with Gasteiger partial charge in [0.1, 0.15) is 6.04 Å². The molecular formula is C24H27ClN4O5S. The molecule has 4 rings (SSSR count). The number of hydrogen-bond donors (Lipinski definition) is 4. The fourth-order valence-electron chi connectivity index (χ4n) is 3.64. The molecule has 35 heavy (non-hydrogen) atoms. The molecule has 1 saturated heterocycles. The van der Waals surface area contributed by atoms with Gasteiger partial charge in [0.15, 0.2) is 0 Å². The number of rotatable bonds is 6. The van der Waals surface area contributed by atoms with Crippen LogP contribution in [0.3, 0.4) is 0 Å². The molecule has 2 amide bonds. The zero-order chi connectivity index (χ0) is 25.4. The number of halogens is 1. The number of nitrogens with two attached hydrogens (primary N) is 1. The number of piperazine rings is 1. The van der Waals surface area contributed by atoms with Crippen LogP contribution in [0.1, 0.15) is 5.56 Å². The van der Waals surface area contributed by atoms with Crippen molar-refractivity contribution < 1.29 is 23.1 Å². The van der Waals surface area contributed by atoms with Gasteiger partial charge in [0.25, 0.3) is 0 Å². The van der Waals surface area contributed by atoms with E-state index in [1.54, 1.807) is 59.5 Å². The summed E-state index contributed by atoms with van der Waals surface area (Å²) in [7, 11) is -4.06. The second-order valence-corrected chi connectivity index (χ2v) is 9.96. The fraction of sp³-hybridized carbons (Fsp3) is 0.250. The molecule has 9 nitrogen and oxygen atoms in total. The van der Waals surface area contributed by atoms with Crippen molar-refractivity contribution >= 4 is 44.4 Å². The van der Waals surface area contributed by atoms with Crippen molar-refractivity contribution in [2.75, 3.05) is 26.2 Å². The van der Waals surface area contributed by atoms with Gasteiger partial charge in [-0.2, -0.15) is 4.72 Å². The third kappa shape index (κ3) is 7.15. The Morgan fingerprint density at radius 3 is 2.23 bits per heavy atom. The number of aliphatic carboxylic acids is 1. The van der Waals surface area contributed by atoms with Crippen molar-refractivity contribution in [3.8, 4) is 0 Å². The van der Waals surface area contributed by atoms with E-state index in [0.717, 1.165) is 31.7 Å². The minimum absolute atomic E-state index is 0.00295. The first kappa shape index (κ1) is 26.4. The number of hydrogen-bond acceptors (Lipinski definition) is 5. The number of fused-ring (bicyclic) bond motifs is 1. The van der Waals surface area contributed by atoms with Gasteiger partial charge in [0.05, 0.1) is 4.90 Å². The van der Waals surface area contributed by atoms with Gasteiger partial charge in [0, 0.05) is 42.0 Å². The number of carbonyl (C=O) groups excluding carboxylic acids is 1. The van der Waals surface area contributed by atoms with E-state index in [9.17, 15) is 23.1 Å². The Kier molecular flexibility index (Phi) is 9.05. The summed E-state index contributed by atoms with van der Waals surface area (Å²) >= 11 is 6.13. The average molecular weight is 519 g/mol. The maximum absolute atomic E-state index is 12.8. The van der Waals surface area contributed by atoms with Crippen LogP contribution < -0.4 is 15.8 Å². The molecule has 0 aliphatic carbocycles. The minimum Gasteiger partial charge on any atom is -0.480 e. The van der Waals surface area contributed by atoms with E-state index in [0.29, 0.717) is 15.8 Å². The van der Waals surface area contributed by atoms with Crippen LogP contribution in [0.5, 0.6) is 0 Å². The lowest BCUT2D eigenvalue weighted by atomic mass is 10.1. The number of nitrogens with zero attached hydrogens (tertiary/aromatic N) is 1. The topological polar surface area (TPSA) is 142 Å². The molecule has 1 heterocycles. The van der Waals surface area contributed by atoms with E-state index < -0.39 is 22.0 Å². The molecule has 1 aliphatic rings.